The number of methoxy groups -OCH3 is 1. The number of aliphatic hydroxyl groups is 1. The molecule has 2 nitrogen and oxygen atoms in total. The average Bonchev–Trinajstić information content (AvgIpc) is 2.76. The van der Waals surface area contributed by atoms with Gasteiger partial charge in [0.15, 0.2) is 0 Å². The Morgan fingerprint density at radius 1 is 1.32 bits per heavy atom. The maximum Gasteiger partial charge on any atom is 0.119 e. The van der Waals surface area contributed by atoms with Gasteiger partial charge in [-0.15, -0.1) is 0 Å². The smallest absolute Gasteiger partial charge is 0.119 e. The van der Waals surface area contributed by atoms with Crippen molar-refractivity contribution in [3.05, 3.63) is 41.5 Å². The molecule has 2 heteroatoms. The minimum atomic E-state index is -0.191. The molecule has 1 aromatic carbocycles. The van der Waals surface area contributed by atoms with Crippen LogP contribution in [0.5, 0.6) is 5.75 Å². The second-order valence-corrected chi connectivity index (χ2v) is 7.77. The Hall–Kier alpha value is -1.28. The van der Waals surface area contributed by atoms with Crippen LogP contribution < -0.4 is 4.74 Å². The van der Waals surface area contributed by atoms with Crippen molar-refractivity contribution in [3.63, 3.8) is 0 Å². The highest BCUT2D eigenvalue weighted by Gasteiger charge is 2.55. The van der Waals surface area contributed by atoms with Gasteiger partial charge in [0.25, 0.3) is 0 Å². The van der Waals surface area contributed by atoms with Gasteiger partial charge in [0.1, 0.15) is 5.75 Å². The van der Waals surface area contributed by atoms with Crippen LogP contribution in [0.2, 0.25) is 0 Å². The second kappa shape index (κ2) is 4.86. The summed E-state index contributed by atoms with van der Waals surface area (Å²) < 4.78 is 5.39. The number of aryl methyl sites for hydroxylation is 1. The molecular formula is C20H26O2. The maximum absolute atomic E-state index is 10.5. The summed E-state index contributed by atoms with van der Waals surface area (Å²) in [4.78, 5) is 0. The van der Waals surface area contributed by atoms with Crippen LogP contribution in [0.3, 0.4) is 0 Å². The van der Waals surface area contributed by atoms with Gasteiger partial charge in [-0.1, -0.05) is 25.1 Å². The molecular weight excluding hydrogens is 272 g/mol. The van der Waals surface area contributed by atoms with E-state index in [0.29, 0.717) is 17.8 Å². The van der Waals surface area contributed by atoms with Gasteiger partial charge in [0, 0.05) is 5.41 Å². The van der Waals surface area contributed by atoms with E-state index < -0.39 is 0 Å². The molecule has 0 amide bonds. The third-order valence-electron chi connectivity index (χ3n) is 6.80. The third kappa shape index (κ3) is 1.83. The quantitative estimate of drug-likeness (QED) is 0.792. The molecule has 0 saturated heterocycles. The number of benzene rings is 1. The molecule has 5 atom stereocenters. The molecule has 2 fully saturated rings. The van der Waals surface area contributed by atoms with Crippen molar-refractivity contribution >= 4 is 0 Å². The van der Waals surface area contributed by atoms with Gasteiger partial charge < -0.3 is 9.84 Å². The first-order chi connectivity index (χ1) is 10.5. The van der Waals surface area contributed by atoms with Crippen LogP contribution in [0, 0.1) is 17.3 Å². The van der Waals surface area contributed by atoms with Crippen molar-refractivity contribution in [1.29, 1.82) is 0 Å². The molecule has 1 aromatic rings. The lowest BCUT2D eigenvalue weighted by Crippen LogP contribution is -2.44. The Balaban J connectivity index is 1.72. The van der Waals surface area contributed by atoms with Gasteiger partial charge in [0.2, 0.25) is 0 Å². The van der Waals surface area contributed by atoms with Gasteiger partial charge in [-0.05, 0) is 73.1 Å². The Morgan fingerprint density at radius 2 is 2.14 bits per heavy atom. The van der Waals surface area contributed by atoms with E-state index in [2.05, 4.69) is 31.7 Å². The monoisotopic (exact) mass is 298 g/mol. The molecule has 0 unspecified atom stereocenters. The van der Waals surface area contributed by atoms with Crippen molar-refractivity contribution in [2.75, 3.05) is 7.11 Å². The molecule has 0 heterocycles. The van der Waals surface area contributed by atoms with Gasteiger partial charge in [-0.25, -0.2) is 0 Å². The standard InChI is InChI=1S/C20H26O2/c1-12-10-18(21)20(2)9-8-16-15-7-5-14(22-3)11-13(15)4-6-17(16)19(12)20/h5,7,11,16-19,21H,1,4,6,8-10H2,2-3H3/t16-,17-,18+,19+,20-/m1/s1. The summed E-state index contributed by atoms with van der Waals surface area (Å²) in [6.07, 6.45) is 5.27. The molecule has 22 heavy (non-hydrogen) atoms. The fraction of sp³-hybridized carbons (Fsp3) is 0.600. The number of rotatable bonds is 1. The van der Waals surface area contributed by atoms with Crippen LogP contribution in [-0.4, -0.2) is 18.3 Å². The lowest BCUT2D eigenvalue weighted by molar-refractivity contribution is -0.0178. The highest BCUT2D eigenvalue weighted by Crippen LogP contribution is 2.62. The zero-order chi connectivity index (χ0) is 15.5. The van der Waals surface area contributed by atoms with Crippen molar-refractivity contribution in [2.45, 2.75) is 51.0 Å². The van der Waals surface area contributed by atoms with E-state index >= 15 is 0 Å². The number of ether oxygens (including phenoxy) is 1. The fourth-order valence-electron chi connectivity index (χ4n) is 5.67. The number of aliphatic hydroxyl groups excluding tert-OH is 1. The predicted molar refractivity (Wildman–Crippen MR) is 88.1 cm³/mol. The normalized spacial score (nSPS) is 39.9. The summed E-state index contributed by atoms with van der Waals surface area (Å²) in [5.74, 6) is 2.76. The highest BCUT2D eigenvalue weighted by molar-refractivity contribution is 5.41. The van der Waals surface area contributed by atoms with Crippen LogP contribution in [0.25, 0.3) is 0 Å². The van der Waals surface area contributed by atoms with Crippen molar-refractivity contribution in [1.82, 2.24) is 0 Å². The summed E-state index contributed by atoms with van der Waals surface area (Å²) in [5, 5.41) is 10.5. The molecule has 0 aliphatic heterocycles. The molecule has 0 spiro atoms. The Bertz CT molecular complexity index is 620. The zero-order valence-electron chi connectivity index (χ0n) is 13.6. The third-order valence-corrected chi connectivity index (χ3v) is 6.80. The van der Waals surface area contributed by atoms with Gasteiger partial charge in [-0.3, -0.25) is 0 Å². The van der Waals surface area contributed by atoms with E-state index in [9.17, 15) is 5.11 Å². The number of hydrogen-bond acceptors (Lipinski definition) is 2. The van der Waals surface area contributed by atoms with E-state index in [-0.39, 0.29) is 11.5 Å². The first kappa shape index (κ1) is 14.3. The molecule has 3 aliphatic carbocycles. The van der Waals surface area contributed by atoms with E-state index in [0.717, 1.165) is 25.0 Å². The van der Waals surface area contributed by atoms with Gasteiger partial charge in [0.05, 0.1) is 13.2 Å². The molecule has 4 rings (SSSR count). The van der Waals surface area contributed by atoms with Crippen LogP contribution >= 0.6 is 0 Å². The first-order valence-corrected chi connectivity index (χ1v) is 8.57. The van der Waals surface area contributed by atoms with Crippen LogP contribution in [0.15, 0.2) is 30.4 Å². The van der Waals surface area contributed by atoms with Crippen LogP contribution in [0.4, 0.5) is 0 Å². The lowest BCUT2D eigenvalue weighted by Gasteiger charge is -2.50. The summed E-state index contributed by atoms with van der Waals surface area (Å²) in [6.45, 7) is 6.62. The lowest BCUT2D eigenvalue weighted by atomic mass is 9.55. The zero-order valence-corrected chi connectivity index (χ0v) is 13.6. The number of hydrogen-bond donors (Lipinski definition) is 1. The Labute approximate surface area is 133 Å². The molecule has 0 radical (unpaired) electrons. The first-order valence-electron chi connectivity index (χ1n) is 8.57. The van der Waals surface area contributed by atoms with Crippen molar-refractivity contribution in [2.24, 2.45) is 17.3 Å². The van der Waals surface area contributed by atoms with Crippen molar-refractivity contribution < 1.29 is 9.84 Å². The van der Waals surface area contributed by atoms with Crippen LogP contribution in [0.1, 0.15) is 49.7 Å². The topological polar surface area (TPSA) is 29.5 Å². The number of fused-ring (bicyclic) bond motifs is 5. The largest absolute Gasteiger partial charge is 0.497 e. The van der Waals surface area contributed by atoms with Gasteiger partial charge >= 0.3 is 0 Å². The van der Waals surface area contributed by atoms with E-state index in [1.54, 1.807) is 7.11 Å². The van der Waals surface area contributed by atoms with Crippen LogP contribution in [-0.2, 0) is 6.42 Å². The predicted octanol–water partition coefficient (Wildman–Crippen LogP) is 4.08. The highest BCUT2D eigenvalue weighted by atomic mass is 16.5. The second-order valence-electron chi connectivity index (χ2n) is 7.77. The van der Waals surface area contributed by atoms with Crippen molar-refractivity contribution in [3.8, 4) is 5.75 Å². The van der Waals surface area contributed by atoms with Gasteiger partial charge in [-0.2, -0.15) is 0 Å². The molecule has 0 bridgehead atoms. The van der Waals surface area contributed by atoms with E-state index in [1.807, 2.05) is 0 Å². The van der Waals surface area contributed by atoms with E-state index in [1.165, 1.54) is 29.5 Å². The summed E-state index contributed by atoms with van der Waals surface area (Å²) in [5.41, 5.74) is 4.34. The Kier molecular flexibility index (Phi) is 3.16. The minimum Gasteiger partial charge on any atom is -0.497 e. The van der Waals surface area contributed by atoms with E-state index in [4.69, 9.17) is 4.74 Å². The maximum atomic E-state index is 10.5. The molecule has 1 N–H and O–H groups in total. The fourth-order valence-corrected chi connectivity index (χ4v) is 5.67. The molecule has 118 valence electrons. The molecule has 2 saturated carbocycles. The SMILES string of the molecule is C=C1C[C@H](O)[C@@]2(C)CC[C@@H]3c4ccc(OC)cc4CC[C@H]3[C@H]12. The average molecular weight is 298 g/mol. The summed E-state index contributed by atoms with van der Waals surface area (Å²) >= 11 is 0. The summed E-state index contributed by atoms with van der Waals surface area (Å²) in [6, 6.07) is 6.60. The molecule has 3 aliphatic rings. The Morgan fingerprint density at radius 3 is 2.91 bits per heavy atom. The summed E-state index contributed by atoms with van der Waals surface area (Å²) in [7, 11) is 1.74. The molecule has 0 aromatic heterocycles. The minimum absolute atomic E-state index is 0.0578.